The maximum atomic E-state index is 8.88. The van der Waals surface area contributed by atoms with Crippen LogP contribution >= 0.6 is 7.82 Å². The van der Waals surface area contributed by atoms with Crippen molar-refractivity contribution in [3.63, 3.8) is 0 Å². The summed E-state index contributed by atoms with van der Waals surface area (Å²) in [6.45, 7) is 21.5. The van der Waals surface area contributed by atoms with E-state index in [9.17, 15) is 0 Å². The second-order valence-corrected chi connectivity index (χ2v) is 20.1. The van der Waals surface area contributed by atoms with E-state index >= 15 is 0 Å². The molecule has 0 aromatic heterocycles. The van der Waals surface area contributed by atoms with Gasteiger partial charge in [0.2, 0.25) is 0 Å². The molecule has 380 valence electrons. The molecule has 8 heteroatoms. The van der Waals surface area contributed by atoms with Gasteiger partial charge in [-0.15, -0.1) is 0 Å². The van der Waals surface area contributed by atoms with Crippen molar-refractivity contribution in [3.05, 3.63) is 0 Å². The molecule has 0 rings (SSSR count). The topological polar surface area (TPSA) is 87.5 Å². The molecule has 3 N–H and O–H groups in total. The molecular formula is C54H120N3O4P. The fourth-order valence-electron chi connectivity index (χ4n) is 7.84. The van der Waals surface area contributed by atoms with Crippen molar-refractivity contribution in [2.24, 2.45) is 0 Å². The third-order valence-corrected chi connectivity index (χ3v) is 12.1. The number of nitrogens with zero attached hydrogens (tertiary/aromatic N) is 3. The first-order valence-electron chi connectivity index (χ1n) is 27.8. The van der Waals surface area contributed by atoms with Crippen LogP contribution in [0.1, 0.15) is 292 Å². The van der Waals surface area contributed by atoms with Crippen LogP contribution in [0.3, 0.4) is 0 Å². The average molecular weight is 907 g/mol. The number of phosphoric acid groups is 1. The predicted molar refractivity (Wildman–Crippen MR) is 281 cm³/mol. The van der Waals surface area contributed by atoms with E-state index in [0.717, 1.165) is 0 Å². The summed E-state index contributed by atoms with van der Waals surface area (Å²) < 4.78 is 8.88. The standard InChI is InChI=1S/3C18H39N.H3O4P/c3*1-4-6-8-9-10-11-12-13-14-16-18-19(3)17-15-7-5-2;1-5(2,3)4/h3*4-18H2,1-3H3;(H3,1,2,3,4). The maximum absolute atomic E-state index is 8.88. The van der Waals surface area contributed by atoms with Crippen molar-refractivity contribution in [2.75, 3.05) is 60.4 Å². The first-order chi connectivity index (χ1) is 29.9. The van der Waals surface area contributed by atoms with Gasteiger partial charge in [0.05, 0.1) is 0 Å². The largest absolute Gasteiger partial charge is 0.466 e. The Labute approximate surface area is 392 Å². The molecule has 0 spiro atoms. The lowest BCUT2D eigenvalue weighted by Crippen LogP contribution is -2.20. The molecular weight excluding hydrogens is 786 g/mol. The molecule has 0 aromatic carbocycles. The van der Waals surface area contributed by atoms with Crippen LogP contribution in [0, 0.1) is 0 Å². The van der Waals surface area contributed by atoms with Gasteiger partial charge in [-0.2, -0.15) is 0 Å². The van der Waals surface area contributed by atoms with Crippen LogP contribution in [-0.4, -0.2) is 89.8 Å². The molecule has 0 saturated heterocycles. The van der Waals surface area contributed by atoms with E-state index in [1.165, 1.54) is 290 Å². The molecule has 0 atom stereocenters. The van der Waals surface area contributed by atoms with E-state index in [4.69, 9.17) is 19.2 Å². The number of hydrogen-bond acceptors (Lipinski definition) is 4. The maximum Gasteiger partial charge on any atom is 0.466 e. The Morgan fingerprint density at radius 1 is 0.242 bits per heavy atom. The molecule has 0 bridgehead atoms. The molecule has 0 aliphatic rings. The van der Waals surface area contributed by atoms with Crippen LogP contribution in [-0.2, 0) is 4.57 Å². The predicted octanol–water partition coefficient (Wildman–Crippen LogP) is 17.2. The Morgan fingerprint density at radius 2 is 0.339 bits per heavy atom. The quantitative estimate of drug-likeness (QED) is 0.0414. The van der Waals surface area contributed by atoms with E-state index in [-0.39, 0.29) is 0 Å². The number of hydrogen-bond donors (Lipinski definition) is 3. The number of unbranched alkanes of at least 4 members (excludes halogenated alkanes) is 33. The zero-order valence-corrected chi connectivity index (χ0v) is 45.3. The Kier molecular flexibility index (Phi) is 67.5. The minimum atomic E-state index is -4.64. The first-order valence-corrected chi connectivity index (χ1v) is 29.3. The lowest BCUT2D eigenvalue weighted by Gasteiger charge is -2.15. The molecule has 0 aromatic rings. The third kappa shape index (κ3) is 80.3. The normalized spacial score (nSPS) is 11.4. The molecule has 0 unspecified atom stereocenters. The second kappa shape index (κ2) is 61.0. The highest BCUT2D eigenvalue weighted by Crippen LogP contribution is 2.26. The van der Waals surface area contributed by atoms with E-state index in [1.54, 1.807) is 0 Å². The Balaban J connectivity index is -0.000000385. The van der Waals surface area contributed by atoms with Crippen LogP contribution in [0.2, 0.25) is 0 Å². The van der Waals surface area contributed by atoms with Crippen molar-refractivity contribution in [2.45, 2.75) is 292 Å². The average Bonchev–Trinajstić information content (AvgIpc) is 3.23. The Bertz CT molecular complexity index is 708. The van der Waals surface area contributed by atoms with Gasteiger partial charge in [-0.3, -0.25) is 0 Å². The van der Waals surface area contributed by atoms with Crippen molar-refractivity contribution >= 4 is 7.82 Å². The molecule has 62 heavy (non-hydrogen) atoms. The van der Waals surface area contributed by atoms with Gasteiger partial charge in [-0.1, -0.05) is 253 Å². The summed E-state index contributed by atoms with van der Waals surface area (Å²) in [6.07, 6.45) is 55.6. The molecule has 0 saturated carbocycles. The number of rotatable bonds is 45. The Hall–Kier alpha value is -0.0100. The van der Waals surface area contributed by atoms with Crippen LogP contribution < -0.4 is 0 Å². The summed E-state index contributed by atoms with van der Waals surface area (Å²) in [6, 6.07) is 0. The molecule has 0 radical (unpaired) electrons. The SMILES string of the molecule is CCCCCCCCCCCCN(C)CCCCC.CCCCCCCCCCCCN(C)CCCCC.CCCCCCCCCCCCN(C)CCCCC.O=P(O)(O)O. The van der Waals surface area contributed by atoms with Crippen molar-refractivity contribution < 1.29 is 19.2 Å². The first kappa shape index (κ1) is 68.6. The molecule has 7 nitrogen and oxygen atoms in total. The monoisotopic (exact) mass is 906 g/mol. The molecule has 0 heterocycles. The molecule has 0 aliphatic carbocycles. The lowest BCUT2D eigenvalue weighted by molar-refractivity contribution is 0.275. The summed E-state index contributed by atoms with van der Waals surface area (Å²) in [5.41, 5.74) is 0. The minimum Gasteiger partial charge on any atom is -0.306 e. The van der Waals surface area contributed by atoms with Crippen molar-refractivity contribution in [1.29, 1.82) is 0 Å². The van der Waals surface area contributed by atoms with Crippen LogP contribution in [0.5, 0.6) is 0 Å². The highest BCUT2D eigenvalue weighted by atomic mass is 31.2. The summed E-state index contributed by atoms with van der Waals surface area (Å²) in [7, 11) is 2.20. The van der Waals surface area contributed by atoms with Gasteiger partial charge in [0.25, 0.3) is 0 Å². The van der Waals surface area contributed by atoms with Gasteiger partial charge < -0.3 is 29.4 Å². The van der Waals surface area contributed by atoms with Gasteiger partial charge >= 0.3 is 7.82 Å². The van der Waals surface area contributed by atoms with Gasteiger partial charge in [-0.05, 0) is 98.9 Å². The van der Waals surface area contributed by atoms with Gasteiger partial charge in [0.15, 0.2) is 0 Å². The summed E-state index contributed by atoms with van der Waals surface area (Å²) in [5.74, 6) is 0. The lowest BCUT2D eigenvalue weighted by atomic mass is 10.1. The summed E-state index contributed by atoms with van der Waals surface area (Å²) in [4.78, 5) is 29.1. The molecule has 0 fully saturated rings. The third-order valence-electron chi connectivity index (χ3n) is 12.1. The fraction of sp³-hybridized carbons (Fsp3) is 1.00. The van der Waals surface area contributed by atoms with Gasteiger partial charge in [0.1, 0.15) is 0 Å². The molecule has 0 amide bonds. The zero-order valence-electron chi connectivity index (χ0n) is 44.4. The zero-order chi connectivity index (χ0) is 47.1. The van der Waals surface area contributed by atoms with E-state index in [0.29, 0.717) is 0 Å². The molecule has 0 aliphatic heterocycles. The van der Waals surface area contributed by atoms with E-state index < -0.39 is 7.82 Å². The Morgan fingerprint density at radius 3 is 0.484 bits per heavy atom. The van der Waals surface area contributed by atoms with Crippen molar-refractivity contribution in [1.82, 2.24) is 14.7 Å². The highest BCUT2D eigenvalue weighted by Gasteiger charge is 2.02. The van der Waals surface area contributed by atoms with Gasteiger partial charge in [-0.25, -0.2) is 4.57 Å². The van der Waals surface area contributed by atoms with Crippen molar-refractivity contribution in [3.8, 4) is 0 Å². The summed E-state index contributed by atoms with van der Waals surface area (Å²) in [5, 5.41) is 0. The highest BCUT2D eigenvalue weighted by molar-refractivity contribution is 7.45. The smallest absolute Gasteiger partial charge is 0.306 e. The minimum absolute atomic E-state index is 1.30. The van der Waals surface area contributed by atoms with Gasteiger partial charge in [0, 0.05) is 0 Å². The second-order valence-electron chi connectivity index (χ2n) is 19.1. The van der Waals surface area contributed by atoms with Crippen LogP contribution in [0.15, 0.2) is 0 Å². The van der Waals surface area contributed by atoms with E-state index in [1.807, 2.05) is 0 Å². The van der Waals surface area contributed by atoms with Crippen LogP contribution in [0.4, 0.5) is 0 Å². The van der Waals surface area contributed by atoms with Crippen LogP contribution in [0.25, 0.3) is 0 Å². The summed E-state index contributed by atoms with van der Waals surface area (Å²) >= 11 is 0. The fourth-order valence-corrected chi connectivity index (χ4v) is 7.84. The van der Waals surface area contributed by atoms with E-state index in [2.05, 4.69) is 77.4 Å².